The average molecular weight is 410 g/mol. The van der Waals surface area contributed by atoms with Crippen molar-refractivity contribution < 1.29 is 4.21 Å². The van der Waals surface area contributed by atoms with Gasteiger partial charge in [0.2, 0.25) is 5.96 Å². The van der Waals surface area contributed by atoms with E-state index in [4.69, 9.17) is 15.7 Å². The first-order valence-corrected chi connectivity index (χ1v) is 11.7. The highest BCUT2D eigenvalue weighted by Gasteiger charge is 2.34. The van der Waals surface area contributed by atoms with E-state index in [2.05, 4.69) is 34.9 Å². The highest BCUT2D eigenvalue weighted by Crippen LogP contribution is 2.29. The molecular weight excluding hydrogens is 382 g/mol. The van der Waals surface area contributed by atoms with Gasteiger partial charge < -0.3 is 15.5 Å². The third-order valence-corrected chi connectivity index (χ3v) is 7.52. The van der Waals surface area contributed by atoms with Gasteiger partial charge in [0.15, 0.2) is 0 Å². The highest BCUT2D eigenvalue weighted by molar-refractivity contribution is 7.85. The summed E-state index contributed by atoms with van der Waals surface area (Å²) in [5.74, 6) is 2.39. The third kappa shape index (κ3) is 3.57. The van der Waals surface area contributed by atoms with Gasteiger partial charge in [-0.3, -0.25) is 4.21 Å². The van der Waals surface area contributed by atoms with Crippen LogP contribution in [0.3, 0.4) is 0 Å². The van der Waals surface area contributed by atoms with Crippen molar-refractivity contribution in [3.05, 3.63) is 53.1 Å². The summed E-state index contributed by atoms with van der Waals surface area (Å²) in [4.78, 5) is 15.5. The molecule has 0 radical (unpaired) electrons. The Morgan fingerprint density at radius 2 is 2.07 bits per heavy atom. The van der Waals surface area contributed by atoms with Crippen LogP contribution in [0.25, 0.3) is 0 Å². The number of aliphatic imine (C=N–C) groups is 2. The van der Waals surface area contributed by atoms with Gasteiger partial charge >= 0.3 is 0 Å². The molecule has 0 bridgehead atoms. The summed E-state index contributed by atoms with van der Waals surface area (Å²) in [6.07, 6.45) is 6.37. The number of fused-ring (bicyclic) bond motifs is 2. The maximum atomic E-state index is 12.7. The molecule has 2 N–H and O–H groups in total. The number of rotatable bonds is 0. The molecule has 29 heavy (non-hydrogen) atoms. The van der Waals surface area contributed by atoms with Crippen molar-refractivity contribution >= 4 is 22.6 Å². The van der Waals surface area contributed by atoms with E-state index in [1.165, 1.54) is 11.1 Å². The quantitative estimate of drug-likeness (QED) is 0.712. The first kappa shape index (κ1) is 18.8. The topological polar surface area (TPSA) is 74.3 Å². The molecule has 3 heterocycles. The van der Waals surface area contributed by atoms with Crippen molar-refractivity contribution in [3.63, 3.8) is 0 Å². The van der Waals surface area contributed by atoms with Crippen LogP contribution < -0.4 is 5.73 Å². The number of hydrogen-bond acceptors (Lipinski definition) is 6. The smallest absolute Gasteiger partial charge is 0.223 e. The molecule has 7 heteroatoms. The van der Waals surface area contributed by atoms with Crippen molar-refractivity contribution in [2.45, 2.75) is 43.3 Å². The van der Waals surface area contributed by atoms with Crippen molar-refractivity contribution in [2.24, 2.45) is 15.7 Å². The molecule has 1 saturated heterocycles. The summed E-state index contributed by atoms with van der Waals surface area (Å²) in [7, 11) is -0.979. The lowest BCUT2D eigenvalue weighted by molar-refractivity contribution is 0.425. The summed E-state index contributed by atoms with van der Waals surface area (Å²) in [6.45, 7) is 5.30. The van der Waals surface area contributed by atoms with Crippen LogP contribution in [0, 0.1) is 0 Å². The molecule has 3 aliphatic heterocycles. The van der Waals surface area contributed by atoms with Crippen LogP contribution in [0.2, 0.25) is 0 Å². The molecular formula is C22H27N5OS. The second-order valence-electron chi connectivity index (χ2n) is 8.24. The van der Waals surface area contributed by atoms with E-state index in [-0.39, 0.29) is 12.1 Å². The fraction of sp³-hybridized carbons (Fsp3) is 0.455. The molecule has 0 saturated carbocycles. The van der Waals surface area contributed by atoms with Gasteiger partial charge in [-0.25, -0.2) is 4.99 Å². The van der Waals surface area contributed by atoms with Crippen LogP contribution in [0.1, 0.15) is 25.3 Å². The Labute approximate surface area is 174 Å². The van der Waals surface area contributed by atoms with E-state index in [0.717, 1.165) is 48.2 Å². The summed E-state index contributed by atoms with van der Waals surface area (Å²) in [5, 5.41) is 0. The fourth-order valence-electron chi connectivity index (χ4n) is 4.49. The molecule has 1 aromatic carbocycles. The summed E-state index contributed by atoms with van der Waals surface area (Å²) in [5.41, 5.74) is 9.77. The van der Waals surface area contributed by atoms with Crippen LogP contribution in [-0.4, -0.2) is 63.3 Å². The second-order valence-corrected chi connectivity index (χ2v) is 9.78. The zero-order valence-electron chi connectivity index (χ0n) is 16.8. The molecule has 6 nitrogen and oxygen atoms in total. The fourth-order valence-corrected chi connectivity index (χ4v) is 5.75. The van der Waals surface area contributed by atoms with Crippen LogP contribution >= 0.6 is 0 Å². The molecule has 3 unspecified atom stereocenters. The van der Waals surface area contributed by atoms with Crippen LogP contribution in [0.15, 0.2) is 62.4 Å². The minimum Gasteiger partial charge on any atom is -0.355 e. The lowest BCUT2D eigenvalue weighted by atomic mass is 9.93. The minimum absolute atomic E-state index is 0.0991. The van der Waals surface area contributed by atoms with Gasteiger partial charge in [0.25, 0.3) is 0 Å². The van der Waals surface area contributed by atoms with E-state index in [1.807, 2.05) is 18.2 Å². The SMILES string of the molecule is CC1=CCC2N=C(N3CCS(=O)c4ccccc4C3)N=C(N3CCC(N)C3)C2=C1. The lowest BCUT2D eigenvalue weighted by Crippen LogP contribution is -2.42. The maximum absolute atomic E-state index is 12.7. The van der Waals surface area contributed by atoms with E-state index < -0.39 is 10.8 Å². The van der Waals surface area contributed by atoms with Crippen molar-refractivity contribution in [3.8, 4) is 0 Å². The molecule has 0 aromatic heterocycles. The van der Waals surface area contributed by atoms with Crippen molar-refractivity contribution in [2.75, 3.05) is 25.4 Å². The second kappa shape index (κ2) is 7.54. The Morgan fingerprint density at radius 3 is 2.90 bits per heavy atom. The first-order chi connectivity index (χ1) is 14.1. The standard InChI is InChI=1S/C22H27N5OS/c1-15-6-7-19-18(12-15)21(26-9-8-17(23)14-26)25-22(24-19)27-10-11-29(28)20-5-3-2-4-16(20)13-27/h2-6,12,17,19H,7-11,13-14,23H2,1H3. The predicted octanol–water partition coefficient (Wildman–Crippen LogP) is 2.06. The number of allylic oxidation sites excluding steroid dienone is 2. The minimum atomic E-state index is -0.979. The average Bonchev–Trinajstić information content (AvgIpc) is 3.08. The van der Waals surface area contributed by atoms with E-state index in [0.29, 0.717) is 18.8 Å². The molecule has 3 atom stereocenters. The molecule has 0 spiro atoms. The Hall–Kier alpha value is -2.25. The number of hydrogen-bond donors (Lipinski definition) is 1. The zero-order valence-corrected chi connectivity index (χ0v) is 17.6. The number of amidine groups is 1. The summed E-state index contributed by atoms with van der Waals surface area (Å²) >= 11 is 0. The number of benzene rings is 1. The summed E-state index contributed by atoms with van der Waals surface area (Å²) in [6, 6.07) is 8.32. The van der Waals surface area contributed by atoms with E-state index in [9.17, 15) is 4.21 Å². The molecule has 1 fully saturated rings. The van der Waals surface area contributed by atoms with Crippen LogP contribution in [0.4, 0.5) is 0 Å². The maximum Gasteiger partial charge on any atom is 0.223 e. The van der Waals surface area contributed by atoms with Gasteiger partial charge in [0, 0.05) is 48.4 Å². The van der Waals surface area contributed by atoms with Gasteiger partial charge in [-0.15, -0.1) is 0 Å². The van der Waals surface area contributed by atoms with E-state index >= 15 is 0 Å². The Bertz CT molecular complexity index is 979. The Kier molecular flexibility index (Phi) is 4.87. The number of nitrogens with zero attached hydrogens (tertiary/aromatic N) is 4. The largest absolute Gasteiger partial charge is 0.355 e. The number of guanidine groups is 1. The molecule has 1 aliphatic carbocycles. The monoisotopic (exact) mass is 409 g/mol. The zero-order chi connectivity index (χ0) is 20.0. The third-order valence-electron chi connectivity index (χ3n) is 6.07. The van der Waals surface area contributed by atoms with Crippen molar-refractivity contribution in [1.29, 1.82) is 0 Å². The Balaban J connectivity index is 1.51. The number of likely N-dealkylation sites (tertiary alicyclic amines) is 1. The highest BCUT2D eigenvalue weighted by atomic mass is 32.2. The van der Waals surface area contributed by atoms with Gasteiger partial charge in [0.05, 0.1) is 16.8 Å². The van der Waals surface area contributed by atoms with Crippen LogP contribution in [0.5, 0.6) is 0 Å². The molecule has 0 amide bonds. The number of nitrogens with two attached hydrogens (primary N) is 1. The molecule has 152 valence electrons. The molecule has 4 aliphatic rings. The van der Waals surface area contributed by atoms with Gasteiger partial charge in [-0.05, 0) is 31.4 Å². The summed E-state index contributed by atoms with van der Waals surface area (Å²) < 4.78 is 12.7. The van der Waals surface area contributed by atoms with Gasteiger partial charge in [-0.1, -0.05) is 35.9 Å². The normalized spacial score (nSPS) is 29.2. The van der Waals surface area contributed by atoms with Gasteiger partial charge in [-0.2, -0.15) is 4.99 Å². The van der Waals surface area contributed by atoms with Crippen LogP contribution in [-0.2, 0) is 17.3 Å². The first-order valence-electron chi connectivity index (χ1n) is 10.4. The predicted molar refractivity (Wildman–Crippen MR) is 117 cm³/mol. The Morgan fingerprint density at radius 1 is 1.21 bits per heavy atom. The lowest BCUT2D eigenvalue weighted by Gasteiger charge is -2.33. The molecule has 1 aromatic rings. The van der Waals surface area contributed by atoms with E-state index in [1.54, 1.807) is 0 Å². The molecule has 5 rings (SSSR count). The van der Waals surface area contributed by atoms with Gasteiger partial charge in [0.1, 0.15) is 5.84 Å². The van der Waals surface area contributed by atoms with Crippen molar-refractivity contribution in [1.82, 2.24) is 9.80 Å².